The lowest BCUT2D eigenvalue weighted by molar-refractivity contribution is 0.626. The summed E-state index contributed by atoms with van der Waals surface area (Å²) in [6.45, 7) is 1.86. The number of benzene rings is 1. The normalized spacial score (nSPS) is 10.4. The van der Waals surface area contributed by atoms with Crippen molar-refractivity contribution in [3.8, 4) is 0 Å². The van der Waals surface area contributed by atoms with Gasteiger partial charge in [0.05, 0.1) is 0 Å². The van der Waals surface area contributed by atoms with Gasteiger partial charge in [-0.25, -0.2) is 14.4 Å². The zero-order valence-electron chi connectivity index (χ0n) is 8.74. The van der Waals surface area contributed by atoms with E-state index in [2.05, 4.69) is 9.97 Å². The van der Waals surface area contributed by atoms with Crippen LogP contribution in [0.2, 0.25) is 5.15 Å². The van der Waals surface area contributed by atoms with Gasteiger partial charge in [-0.2, -0.15) is 0 Å². The van der Waals surface area contributed by atoms with Gasteiger partial charge in [0.15, 0.2) is 0 Å². The standard InChI is InChI=1S/C12H10ClFN2/c1-8-11(12(13)16-7-15-8)6-9-3-2-4-10(14)5-9/h2-5,7H,6H2,1H3. The minimum atomic E-state index is -0.247. The Bertz CT molecular complexity index is 494. The summed E-state index contributed by atoms with van der Waals surface area (Å²) >= 11 is 5.97. The predicted octanol–water partition coefficient (Wildman–Crippen LogP) is 3.17. The fourth-order valence-corrected chi connectivity index (χ4v) is 1.77. The average Bonchev–Trinajstić information content (AvgIpc) is 2.24. The fraction of sp³-hybridized carbons (Fsp3) is 0.167. The molecule has 1 aromatic carbocycles. The molecule has 0 radical (unpaired) electrons. The first-order chi connectivity index (χ1) is 7.66. The van der Waals surface area contributed by atoms with Gasteiger partial charge < -0.3 is 0 Å². The van der Waals surface area contributed by atoms with Gasteiger partial charge >= 0.3 is 0 Å². The van der Waals surface area contributed by atoms with E-state index in [1.807, 2.05) is 13.0 Å². The fourth-order valence-electron chi connectivity index (χ4n) is 1.52. The van der Waals surface area contributed by atoms with Crippen molar-refractivity contribution in [2.24, 2.45) is 0 Å². The lowest BCUT2D eigenvalue weighted by Crippen LogP contribution is -1.98. The van der Waals surface area contributed by atoms with Crippen LogP contribution in [0.4, 0.5) is 4.39 Å². The molecule has 0 fully saturated rings. The van der Waals surface area contributed by atoms with E-state index in [4.69, 9.17) is 11.6 Å². The number of aryl methyl sites for hydroxylation is 1. The second-order valence-corrected chi connectivity index (χ2v) is 3.89. The Kier molecular flexibility index (Phi) is 3.15. The average molecular weight is 237 g/mol. The smallest absolute Gasteiger partial charge is 0.136 e. The highest BCUT2D eigenvalue weighted by Crippen LogP contribution is 2.19. The first-order valence-corrected chi connectivity index (χ1v) is 5.25. The van der Waals surface area contributed by atoms with Crippen LogP contribution in [0.25, 0.3) is 0 Å². The Morgan fingerprint density at radius 3 is 2.81 bits per heavy atom. The van der Waals surface area contributed by atoms with Gasteiger partial charge in [0.1, 0.15) is 17.3 Å². The predicted molar refractivity (Wildman–Crippen MR) is 61.0 cm³/mol. The summed E-state index contributed by atoms with van der Waals surface area (Å²) in [6.07, 6.45) is 1.97. The Morgan fingerprint density at radius 2 is 2.12 bits per heavy atom. The van der Waals surface area contributed by atoms with Crippen LogP contribution in [0, 0.1) is 12.7 Å². The molecule has 0 aliphatic heterocycles. The Balaban J connectivity index is 2.34. The summed E-state index contributed by atoms with van der Waals surface area (Å²) in [4.78, 5) is 7.99. The van der Waals surface area contributed by atoms with E-state index in [0.29, 0.717) is 11.6 Å². The number of aromatic nitrogens is 2. The first-order valence-electron chi connectivity index (χ1n) is 4.87. The highest BCUT2D eigenvalue weighted by molar-refractivity contribution is 6.30. The third kappa shape index (κ3) is 2.36. The van der Waals surface area contributed by atoms with Crippen molar-refractivity contribution in [1.29, 1.82) is 0 Å². The molecule has 0 aliphatic rings. The van der Waals surface area contributed by atoms with Crippen LogP contribution in [-0.2, 0) is 6.42 Å². The van der Waals surface area contributed by atoms with Crippen LogP contribution in [0.5, 0.6) is 0 Å². The second kappa shape index (κ2) is 4.58. The van der Waals surface area contributed by atoms with Crippen LogP contribution >= 0.6 is 11.6 Å². The van der Waals surface area contributed by atoms with Crippen LogP contribution in [0.1, 0.15) is 16.8 Å². The van der Waals surface area contributed by atoms with Crippen molar-refractivity contribution in [2.75, 3.05) is 0 Å². The maximum Gasteiger partial charge on any atom is 0.136 e. The third-order valence-corrected chi connectivity index (χ3v) is 2.70. The molecule has 0 spiro atoms. The Morgan fingerprint density at radius 1 is 1.31 bits per heavy atom. The van der Waals surface area contributed by atoms with Gasteiger partial charge in [0.25, 0.3) is 0 Å². The van der Waals surface area contributed by atoms with E-state index in [0.717, 1.165) is 16.8 Å². The molecule has 0 amide bonds. The molecule has 2 rings (SSSR count). The van der Waals surface area contributed by atoms with Crippen LogP contribution in [0.15, 0.2) is 30.6 Å². The Labute approximate surface area is 98.1 Å². The summed E-state index contributed by atoms with van der Waals surface area (Å²) in [5, 5.41) is 0.428. The summed E-state index contributed by atoms with van der Waals surface area (Å²) in [6, 6.07) is 6.44. The molecule has 4 heteroatoms. The first kappa shape index (κ1) is 11.0. The van der Waals surface area contributed by atoms with Gasteiger partial charge in [0.2, 0.25) is 0 Å². The molecule has 0 saturated heterocycles. The minimum absolute atomic E-state index is 0.247. The number of rotatable bonds is 2. The van der Waals surface area contributed by atoms with Crippen molar-refractivity contribution >= 4 is 11.6 Å². The molecule has 0 atom stereocenters. The highest BCUT2D eigenvalue weighted by atomic mass is 35.5. The van der Waals surface area contributed by atoms with Crippen molar-refractivity contribution in [3.05, 3.63) is 58.4 Å². The molecule has 0 saturated carbocycles. The van der Waals surface area contributed by atoms with Gasteiger partial charge in [0, 0.05) is 17.7 Å². The molecule has 0 bridgehead atoms. The van der Waals surface area contributed by atoms with Crippen LogP contribution in [0.3, 0.4) is 0 Å². The van der Waals surface area contributed by atoms with Crippen LogP contribution in [-0.4, -0.2) is 9.97 Å². The minimum Gasteiger partial charge on any atom is -0.241 e. The summed E-state index contributed by atoms with van der Waals surface area (Å²) in [5.41, 5.74) is 2.53. The highest BCUT2D eigenvalue weighted by Gasteiger charge is 2.07. The Hall–Kier alpha value is -1.48. The quantitative estimate of drug-likeness (QED) is 0.749. The summed E-state index contributed by atoms with van der Waals surface area (Å²) in [7, 11) is 0. The van der Waals surface area contributed by atoms with Crippen molar-refractivity contribution in [2.45, 2.75) is 13.3 Å². The largest absolute Gasteiger partial charge is 0.241 e. The van der Waals surface area contributed by atoms with Gasteiger partial charge in [-0.15, -0.1) is 0 Å². The molecule has 0 aliphatic carbocycles. The van der Waals surface area contributed by atoms with E-state index in [9.17, 15) is 4.39 Å². The maximum atomic E-state index is 13.0. The van der Waals surface area contributed by atoms with Gasteiger partial charge in [-0.1, -0.05) is 23.7 Å². The summed E-state index contributed by atoms with van der Waals surface area (Å²) < 4.78 is 13.0. The summed E-state index contributed by atoms with van der Waals surface area (Å²) in [5.74, 6) is -0.247. The van der Waals surface area contributed by atoms with Crippen LogP contribution < -0.4 is 0 Å². The molecule has 2 aromatic rings. The number of hydrogen-bond donors (Lipinski definition) is 0. The van der Waals surface area contributed by atoms with Crippen molar-refractivity contribution in [1.82, 2.24) is 9.97 Å². The second-order valence-electron chi connectivity index (χ2n) is 3.54. The lowest BCUT2D eigenvalue weighted by atomic mass is 10.1. The molecular weight excluding hydrogens is 227 g/mol. The molecule has 2 nitrogen and oxygen atoms in total. The molecule has 0 N–H and O–H groups in total. The van der Waals surface area contributed by atoms with Gasteiger partial charge in [-0.3, -0.25) is 0 Å². The third-order valence-electron chi connectivity index (χ3n) is 2.38. The number of halogens is 2. The zero-order valence-corrected chi connectivity index (χ0v) is 9.50. The molecule has 16 heavy (non-hydrogen) atoms. The lowest BCUT2D eigenvalue weighted by Gasteiger charge is -2.06. The van der Waals surface area contributed by atoms with E-state index >= 15 is 0 Å². The SMILES string of the molecule is Cc1ncnc(Cl)c1Cc1cccc(F)c1. The van der Waals surface area contributed by atoms with Crippen molar-refractivity contribution in [3.63, 3.8) is 0 Å². The maximum absolute atomic E-state index is 13.0. The molecule has 82 valence electrons. The number of hydrogen-bond acceptors (Lipinski definition) is 2. The van der Waals surface area contributed by atoms with Gasteiger partial charge in [-0.05, 0) is 24.6 Å². The number of nitrogens with zero attached hydrogens (tertiary/aromatic N) is 2. The molecular formula is C12H10ClFN2. The monoisotopic (exact) mass is 236 g/mol. The molecule has 1 aromatic heterocycles. The molecule has 0 unspecified atom stereocenters. The van der Waals surface area contributed by atoms with E-state index in [-0.39, 0.29) is 5.82 Å². The van der Waals surface area contributed by atoms with E-state index in [1.54, 1.807) is 6.07 Å². The van der Waals surface area contributed by atoms with E-state index in [1.165, 1.54) is 18.5 Å². The zero-order chi connectivity index (χ0) is 11.5. The molecule has 1 heterocycles. The van der Waals surface area contributed by atoms with Crippen molar-refractivity contribution < 1.29 is 4.39 Å². The topological polar surface area (TPSA) is 25.8 Å². The van der Waals surface area contributed by atoms with E-state index < -0.39 is 0 Å².